The molecule has 0 atom stereocenters. The van der Waals surface area contributed by atoms with Crippen molar-refractivity contribution < 1.29 is 13.2 Å². The number of amides is 1. The van der Waals surface area contributed by atoms with Crippen LogP contribution in [0.1, 0.15) is 31.2 Å². The molecule has 7 nitrogen and oxygen atoms in total. The van der Waals surface area contributed by atoms with E-state index in [0.29, 0.717) is 36.1 Å². The lowest BCUT2D eigenvalue weighted by atomic mass is 10.0. The lowest BCUT2D eigenvalue weighted by molar-refractivity contribution is -0.116. The molecular weight excluding hydrogens is 408 g/mol. The van der Waals surface area contributed by atoms with Crippen LogP contribution in [0.2, 0.25) is 0 Å². The molecule has 1 N–H and O–H groups in total. The first-order valence-electron chi connectivity index (χ1n) is 9.70. The van der Waals surface area contributed by atoms with Crippen molar-refractivity contribution in [3.63, 3.8) is 0 Å². The topological polar surface area (TPSA) is 84.3 Å². The average molecular weight is 437 g/mol. The molecule has 3 rings (SSSR count). The maximum atomic E-state index is 13.2. The fourth-order valence-electron chi connectivity index (χ4n) is 3.57. The Balaban J connectivity index is 1.75. The Hall–Kier alpha value is -1.84. The number of sulfonamides is 1. The van der Waals surface area contributed by atoms with Gasteiger partial charge in [0.05, 0.1) is 11.4 Å². The Morgan fingerprint density at radius 2 is 1.83 bits per heavy atom. The van der Waals surface area contributed by atoms with Gasteiger partial charge in [-0.2, -0.15) is 9.40 Å². The molecule has 0 radical (unpaired) electrons. The first kappa shape index (κ1) is 21.9. The largest absolute Gasteiger partial charge is 0.324 e. The van der Waals surface area contributed by atoms with Crippen LogP contribution < -0.4 is 5.32 Å². The summed E-state index contributed by atoms with van der Waals surface area (Å²) >= 11 is 1.63. The highest BCUT2D eigenvalue weighted by Gasteiger charge is 2.33. The molecule has 1 aliphatic heterocycles. The Kier molecular flexibility index (Phi) is 6.70. The second kappa shape index (κ2) is 8.89. The standard InChI is InChI=1S/C20H28N4O3S2/c1-14-9-11-23(12-10-14)29(26,27)20-15(2)22-24(16(20)3)13-19(25)21-17-5-7-18(28-4)8-6-17/h5-8,14H,9-13H2,1-4H3,(H,21,25). The van der Waals surface area contributed by atoms with Gasteiger partial charge in [-0.15, -0.1) is 11.8 Å². The fraction of sp³-hybridized carbons (Fsp3) is 0.500. The smallest absolute Gasteiger partial charge is 0.246 e. The van der Waals surface area contributed by atoms with Gasteiger partial charge in [-0.25, -0.2) is 8.42 Å². The zero-order valence-electron chi connectivity index (χ0n) is 17.3. The number of aryl methyl sites for hydroxylation is 1. The minimum Gasteiger partial charge on any atom is -0.324 e. The van der Waals surface area contributed by atoms with Crippen LogP contribution in [0.15, 0.2) is 34.1 Å². The third kappa shape index (κ3) is 4.84. The van der Waals surface area contributed by atoms with Gasteiger partial charge in [-0.1, -0.05) is 6.92 Å². The summed E-state index contributed by atoms with van der Waals surface area (Å²) in [6.45, 7) is 6.55. The van der Waals surface area contributed by atoms with Gasteiger partial charge in [0.2, 0.25) is 15.9 Å². The van der Waals surface area contributed by atoms with Crippen molar-refractivity contribution in [1.82, 2.24) is 14.1 Å². The molecule has 2 aromatic rings. The van der Waals surface area contributed by atoms with Crippen molar-refractivity contribution in [3.8, 4) is 0 Å². The number of benzene rings is 1. The number of nitrogens with zero attached hydrogens (tertiary/aromatic N) is 3. The van der Waals surface area contributed by atoms with Crippen molar-refractivity contribution >= 4 is 33.4 Å². The minimum atomic E-state index is -3.61. The normalized spacial score (nSPS) is 16.1. The highest BCUT2D eigenvalue weighted by molar-refractivity contribution is 7.98. The van der Waals surface area contributed by atoms with Gasteiger partial charge in [0.1, 0.15) is 11.4 Å². The molecule has 1 amide bonds. The minimum absolute atomic E-state index is 0.0382. The molecule has 1 aliphatic rings. The van der Waals surface area contributed by atoms with Gasteiger partial charge in [0, 0.05) is 23.7 Å². The average Bonchev–Trinajstić information content (AvgIpc) is 2.96. The summed E-state index contributed by atoms with van der Waals surface area (Å²) in [5.41, 5.74) is 1.62. The Labute approximate surface area is 176 Å². The summed E-state index contributed by atoms with van der Waals surface area (Å²) in [5.74, 6) is 0.295. The van der Waals surface area contributed by atoms with Crippen molar-refractivity contribution in [1.29, 1.82) is 0 Å². The molecule has 0 bridgehead atoms. The van der Waals surface area contributed by atoms with Crippen LogP contribution in [-0.4, -0.2) is 47.8 Å². The number of nitrogens with one attached hydrogen (secondary N) is 1. The van der Waals surface area contributed by atoms with Gasteiger partial charge in [-0.3, -0.25) is 9.48 Å². The van der Waals surface area contributed by atoms with E-state index in [4.69, 9.17) is 0 Å². The maximum absolute atomic E-state index is 13.2. The third-order valence-electron chi connectivity index (χ3n) is 5.32. The molecule has 0 saturated carbocycles. The van der Waals surface area contributed by atoms with Gasteiger partial charge >= 0.3 is 0 Å². The molecular formula is C20H28N4O3S2. The van der Waals surface area contributed by atoms with E-state index in [-0.39, 0.29) is 17.3 Å². The monoisotopic (exact) mass is 436 g/mol. The number of rotatable bonds is 6. The maximum Gasteiger partial charge on any atom is 0.246 e. The number of carbonyl (C=O) groups excluding carboxylic acids is 1. The summed E-state index contributed by atoms with van der Waals surface area (Å²) in [4.78, 5) is 13.8. The van der Waals surface area contributed by atoms with E-state index >= 15 is 0 Å². The second-order valence-corrected chi connectivity index (χ2v) is 10.3. The molecule has 1 aromatic carbocycles. The third-order valence-corrected chi connectivity index (χ3v) is 8.22. The van der Waals surface area contributed by atoms with Crippen LogP contribution in [0.5, 0.6) is 0 Å². The summed E-state index contributed by atoms with van der Waals surface area (Å²) in [6, 6.07) is 7.57. The zero-order valence-corrected chi connectivity index (χ0v) is 18.9. The van der Waals surface area contributed by atoms with Gasteiger partial charge in [0.15, 0.2) is 0 Å². The highest BCUT2D eigenvalue weighted by Crippen LogP contribution is 2.27. The van der Waals surface area contributed by atoms with E-state index in [2.05, 4.69) is 17.3 Å². The number of carbonyl (C=O) groups is 1. The second-order valence-electron chi connectivity index (χ2n) is 7.52. The molecule has 1 aromatic heterocycles. The van der Waals surface area contributed by atoms with E-state index in [1.54, 1.807) is 29.9 Å². The van der Waals surface area contributed by atoms with E-state index in [0.717, 1.165) is 17.7 Å². The lowest BCUT2D eigenvalue weighted by Gasteiger charge is -2.29. The number of hydrogen-bond donors (Lipinski definition) is 1. The Morgan fingerprint density at radius 1 is 1.21 bits per heavy atom. The van der Waals surface area contributed by atoms with Gasteiger partial charge in [-0.05, 0) is 63.1 Å². The fourth-order valence-corrected chi connectivity index (χ4v) is 5.82. The molecule has 2 heterocycles. The van der Waals surface area contributed by atoms with Crippen LogP contribution in [0.25, 0.3) is 0 Å². The highest BCUT2D eigenvalue weighted by atomic mass is 32.2. The molecule has 9 heteroatoms. The summed E-state index contributed by atoms with van der Waals surface area (Å²) in [7, 11) is -3.61. The molecule has 0 aliphatic carbocycles. The van der Waals surface area contributed by atoms with Crippen molar-refractivity contribution in [2.75, 3.05) is 24.7 Å². The van der Waals surface area contributed by atoms with Crippen LogP contribution in [0.4, 0.5) is 5.69 Å². The number of hydrogen-bond acceptors (Lipinski definition) is 5. The van der Waals surface area contributed by atoms with Gasteiger partial charge in [0.25, 0.3) is 0 Å². The van der Waals surface area contributed by atoms with E-state index in [9.17, 15) is 13.2 Å². The van der Waals surface area contributed by atoms with Crippen LogP contribution in [-0.2, 0) is 21.4 Å². The predicted molar refractivity (Wildman–Crippen MR) is 116 cm³/mol. The summed E-state index contributed by atoms with van der Waals surface area (Å²) in [6.07, 6.45) is 3.72. The van der Waals surface area contributed by atoms with E-state index in [1.165, 1.54) is 4.68 Å². The predicted octanol–water partition coefficient (Wildman–Crippen LogP) is 3.28. The molecule has 1 saturated heterocycles. The summed E-state index contributed by atoms with van der Waals surface area (Å²) < 4.78 is 29.3. The first-order chi connectivity index (χ1) is 13.7. The number of anilines is 1. The zero-order chi connectivity index (χ0) is 21.2. The number of aromatic nitrogens is 2. The number of piperidine rings is 1. The first-order valence-corrected chi connectivity index (χ1v) is 12.4. The van der Waals surface area contributed by atoms with Crippen LogP contribution >= 0.6 is 11.8 Å². The van der Waals surface area contributed by atoms with Crippen molar-refractivity contribution in [2.45, 2.75) is 49.9 Å². The number of thioether (sulfide) groups is 1. The molecule has 29 heavy (non-hydrogen) atoms. The molecule has 158 valence electrons. The SMILES string of the molecule is CSc1ccc(NC(=O)Cn2nc(C)c(S(=O)(=O)N3CCC(C)CC3)c2C)cc1. The van der Waals surface area contributed by atoms with Crippen molar-refractivity contribution in [3.05, 3.63) is 35.7 Å². The summed E-state index contributed by atoms with van der Waals surface area (Å²) in [5, 5.41) is 7.18. The Bertz CT molecular complexity index is 976. The molecule has 0 unspecified atom stereocenters. The van der Waals surface area contributed by atoms with Crippen LogP contribution in [0, 0.1) is 19.8 Å². The van der Waals surface area contributed by atoms with Crippen LogP contribution in [0.3, 0.4) is 0 Å². The molecule has 0 spiro atoms. The quantitative estimate of drug-likeness (QED) is 0.703. The van der Waals surface area contributed by atoms with E-state index < -0.39 is 10.0 Å². The van der Waals surface area contributed by atoms with Crippen molar-refractivity contribution in [2.24, 2.45) is 5.92 Å². The van der Waals surface area contributed by atoms with Gasteiger partial charge < -0.3 is 5.32 Å². The van der Waals surface area contributed by atoms with E-state index in [1.807, 2.05) is 30.5 Å². The lowest BCUT2D eigenvalue weighted by Crippen LogP contribution is -2.38. The molecule has 1 fully saturated rings. The Morgan fingerprint density at radius 3 is 2.41 bits per heavy atom.